The van der Waals surface area contributed by atoms with E-state index < -0.39 is 4.92 Å². The van der Waals surface area contributed by atoms with E-state index in [4.69, 9.17) is 12.2 Å². The maximum absolute atomic E-state index is 11.9. The van der Waals surface area contributed by atoms with E-state index in [9.17, 15) is 14.9 Å². The molecule has 1 aromatic carbocycles. The summed E-state index contributed by atoms with van der Waals surface area (Å²) in [4.78, 5) is 27.1. The monoisotopic (exact) mass is 390 g/mol. The fraction of sp³-hybridized carbons (Fsp3) is 0. The fourth-order valence-corrected chi connectivity index (χ4v) is 3.52. The van der Waals surface area contributed by atoms with Gasteiger partial charge in [0, 0.05) is 23.1 Å². The van der Waals surface area contributed by atoms with Gasteiger partial charge in [0.15, 0.2) is 10.2 Å². The number of non-ortho nitro benzene ring substituents is 1. The molecule has 7 nitrogen and oxygen atoms in total. The summed E-state index contributed by atoms with van der Waals surface area (Å²) in [6.45, 7) is 0. The van der Waals surface area contributed by atoms with Gasteiger partial charge >= 0.3 is 0 Å². The SMILES string of the molecule is O=C(NC(=S)Nc1nc(-c2ccc([N+](=O)[O-])cc2)cs1)c1cccs1. The number of benzene rings is 1. The zero-order valence-corrected chi connectivity index (χ0v) is 14.9. The van der Waals surface area contributed by atoms with Crippen LogP contribution in [0.5, 0.6) is 0 Å². The minimum atomic E-state index is -0.452. The number of hydrogen-bond donors (Lipinski definition) is 2. The predicted molar refractivity (Wildman–Crippen MR) is 102 cm³/mol. The summed E-state index contributed by atoms with van der Waals surface area (Å²) >= 11 is 7.75. The van der Waals surface area contributed by atoms with Crippen LogP contribution in [0.1, 0.15) is 9.67 Å². The number of hydrogen-bond acceptors (Lipinski definition) is 7. The first-order chi connectivity index (χ1) is 12.0. The van der Waals surface area contributed by atoms with Gasteiger partial charge < -0.3 is 5.32 Å². The lowest BCUT2D eigenvalue weighted by molar-refractivity contribution is -0.384. The molecule has 0 fully saturated rings. The Hall–Kier alpha value is -2.69. The lowest BCUT2D eigenvalue weighted by Crippen LogP contribution is -2.33. The molecule has 0 bridgehead atoms. The number of thiazole rings is 1. The van der Waals surface area contributed by atoms with Gasteiger partial charge in [0.1, 0.15) is 0 Å². The van der Waals surface area contributed by atoms with Crippen molar-refractivity contribution in [2.45, 2.75) is 0 Å². The van der Waals surface area contributed by atoms with E-state index in [1.165, 1.54) is 34.8 Å². The van der Waals surface area contributed by atoms with Crippen LogP contribution in [0.15, 0.2) is 47.2 Å². The number of nitro groups is 1. The third-order valence-corrected chi connectivity index (χ3v) is 4.90. The highest BCUT2D eigenvalue weighted by atomic mass is 32.1. The van der Waals surface area contributed by atoms with E-state index in [0.29, 0.717) is 15.7 Å². The summed E-state index contributed by atoms with van der Waals surface area (Å²) in [6, 6.07) is 9.61. The van der Waals surface area contributed by atoms with Crippen molar-refractivity contribution in [1.29, 1.82) is 0 Å². The molecule has 0 saturated heterocycles. The number of anilines is 1. The Balaban J connectivity index is 1.64. The maximum Gasteiger partial charge on any atom is 0.269 e. The number of nitro benzene ring substituents is 1. The van der Waals surface area contributed by atoms with Crippen molar-refractivity contribution in [1.82, 2.24) is 10.3 Å². The predicted octanol–water partition coefficient (Wildman–Crippen LogP) is 3.91. The molecule has 2 aromatic heterocycles. The Morgan fingerprint density at radius 1 is 1.20 bits per heavy atom. The number of carbonyl (C=O) groups is 1. The molecular formula is C15H10N4O3S3. The molecule has 0 spiro atoms. The van der Waals surface area contributed by atoms with E-state index in [1.54, 1.807) is 29.6 Å². The van der Waals surface area contributed by atoms with Crippen LogP contribution in [0.4, 0.5) is 10.8 Å². The molecule has 3 aromatic rings. The van der Waals surface area contributed by atoms with E-state index in [-0.39, 0.29) is 16.7 Å². The first-order valence-electron chi connectivity index (χ1n) is 6.89. The largest absolute Gasteiger partial charge is 0.308 e. The summed E-state index contributed by atoms with van der Waals surface area (Å²) in [7, 11) is 0. The van der Waals surface area contributed by atoms with Gasteiger partial charge in [-0.05, 0) is 35.8 Å². The number of amides is 1. The molecule has 0 saturated carbocycles. The molecule has 0 aliphatic rings. The normalized spacial score (nSPS) is 10.2. The molecule has 0 unspecified atom stereocenters. The number of carbonyl (C=O) groups excluding carboxylic acids is 1. The summed E-state index contributed by atoms with van der Waals surface area (Å²) in [6.07, 6.45) is 0. The number of aromatic nitrogens is 1. The molecule has 2 N–H and O–H groups in total. The van der Waals surface area contributed by atoms with E-state index in [1.807, 2.05) is 5.38 Å². The third-order valence-electron chi connectivity index (χ3n) is 3.07. The minimum absolute atomic E-state index is 0.0230. The van der Waals surface area contributed by atoms with Crippen molar-refractivity contribution >= 4 is 56.7 Å². The van der Waals surface area contributed by atoms with Crippen molar-refractivity contribution in [3.63, 3.8) is 0 Å². The average Bonchev–Trinajstić information content (AvgIpc) is 3.26. The zero-order valence-electron chi connectivity index (χ0n) is 12.5. The van der Waals surface area contributed by atoms with E-state index >= 15 is 0 Å². The average molecular weight is 390 g/mol. The Labute approximate surface area is 155 Å². The standard InChI is InChI=1S/C15H10N4O3S3/c20-13(12-2-1-7-24-12)17-14(23)18-15-16-11(8-25-15)9-3-5-10(6-4-9)19(21)22/h1-8H,(H2,16,17,18,20,23). The molecule has 1 amide bonds. The molecule has 0 atom stereocenters. The third kappa shape index (κ3) is 4.24. The lowest BCUT2D eigenvalue weighted by Gasteiger charge is -2.05. The molecule has 0 radical (unpaired) electrons. The minimum Gasteiger partial charge on any atom is -0.308 e. The smallest absolute Gasteiger partial charge is 0.269 e. The van der Waals surface area contributed by atoms with Crippen molar-refractivity contribution < 1.29 is 9.72 Å². The molecule has 2 heterocycles. The number of nitrogens with one attached hydrogen (secondary N) is 2. The molecular weight excluding hydrogens is 380 g/mol. The van der Waals surface area contributed by atoms with Gasteiger partial charge in [-0.15, -0.1) is 22.7 Å². The lowest BCUT2D eigenvalue weighted by atomic mass is 10.1. The van der Waals surface area contributed by atoms with Crippen LogP contribution >= 0.6 is 34.9 Å². The Bertz CT molecular complexity index is 920. The molecule has 126 valence electrons. The molecule has 0 aliphatic carbocycles. The van der Waals surface area contributed by atoms with E-state index in [2.05, 4.69) is 15.6 Å². The molecule has 0 aliphatic heterocycles. The van der Waals surface area contributed by atoms with Gasteiger partial charge in [-0.2, -0.15) is 0 Å². The van der Waals surface area contributed by atoms with Gasteiger partial charge in [-0.25, -0.2) is 4.98 Å². The highest BCUT2D eigenvalue weighted by molar-refractivity contribution is 7.80. The van der Waals surface area contributed by atoms with Crippen molar-refractivity contribution in [3.8, 4) is 11.3 Å². The second-order valence-corrected chi connectivity index (χ2v) is 6.94. The topological polar surface area (TPSA) is 97.2 Å². The zero-order chi connectivity index (χ0) is 17.8. The number of thiocarbonyl (C=S) groups is 1. The van der Waals surface area contributed by atoms with Gasteiger partial charge in [0.25, 0.3) is 11.6 Å². The van der Waals surface area contributed by atoms with E-state index in [0.717, 1.165) is 5.56 Å². The van der Waals surface area contributed by atoms with Gasteiger partial charge in [-0.1, -0.05) is 6.07 Å². The van der Waals surface area contributed by atoms with Crippen LogP contribution in [-0.4, -0.2) is 20.9 Å². The summed E-state index contributed by atoms with van der Waals surface area (Å²) in [5.74, 6) is -0.278. The van der Waals surface area contributed by atoms with Crippen LogP contribution < -0.4 is 10.6 Å². The first kappa shape index (κ1) is 17.1. The van der Waals surface area contributed by atoms with Crippen molar-refractivity contribution in [2.75, 3.05) is 5.32 Å². The number of rotatable bonds is 4. The van der Waals surface area contributed by atoms with Crippen LogP contribution in [0.3, 0.4) is 0 Å². The van der Waals surface area contributed by atoms with Crippen LogP contribution in [0.25, 0.3) is 11.3 Å². The molecule has 25 heavy (non-hydrogen) atoms. The van der Waals surface area contributed by atoms with Crippen molar-refractivity contribution in [2.24, 2.45) is 0 Å². The van der Waals surface area contributed by atoms with Gasteiger partial charge in [0.2, 0.25) is 0 Å². The fourth-order valence-electron chi connectivity index (χ4n) is 1.92. The number of nitrogens with zero attached hydrogens (tertiary/aromatic N) is 2. The first-order valence-corrected chi connectivity index (χ1v) is 9.06. The second-order valence-electron chi connectivity index (χ2n) is 4.73. The van der Waals surface area contributed by atoms with Gasteiger partial charge in [0.05, 0.1) is 15.5 Å². The summed E-state index contributed by atoms with van der Waals surface area (Å²) < 4.78 is 0. The second kappa shape index (κ2) is 7.47. The summed E-state index contributed by atoms with van der Waals surface area (Å²) in [5.41, 5.74) is 1.44. The Kier molecular flexibility index (Phi) is 5.12. The summed E-state index contributed by atoms with van der Waals surface area (Å²) in [5, 5.41) is 20.4. The quantitative estimate of drug-likeness (QED) is 0.398. The van der Waals surface area contributed by atoms with Crippen molar-refractivity contribution in [3.05, 3.63) is 62.1 Å². The van der Waals surface area contributed by atoms with Crippen LogP contribution in [0.2, 0.25) is 0 Å². The van der Waals surface area contributed by atoms with Crippen LogP contribution in [-0.2, 0) is 0 Å². The Morgan fingerprint density at radius 3 is 2.60 bits per heavy atom. The Morgan fingerprint density at radius 2 is 1.96 bits per heavy atom. The number of thiophene rings is 1. The highest BCUT2D eigenvalue weighted by Gasteiger charge is 2.11. The molecule has 3 rings (SSSR count). The van der Waals surface area contributed by atoms with Gasteiger partial charge in [-0.3, -0.25) is 20.2 Å². The highest BCUT2D eigenvalue weighted by Crippen LogP contribution is 2.26. The maximum atomic E-state index is 11.9. The van der Waals surface area contributed by atoms with Crippen LogP contribution in [0, 0.1) is 10.1 Å². The molecule has 10 heteroatoms.